The van der Waals surface area contributed by atoms with Gasteiger partial charge >= 0.3 is 5.97 Å². The summed E-state index contributed by atoms with van der Waals surface area (Å²) >= 11 is 1.31. The molecular weight excluding hydrogens is 450 g/mol. The molecule has 0 atom stereocenters. The standard InChI is InChI=1S/C25H29N5O3S/c1-6-30-22(18-11-13-20(14-12-18)25(2,3)4)28-29-24(30)34-16-21(31)27-26-15-17-7-9-19(10-8-17)23(32)33-5/h7-15H,6,16H2,1-5H3,(H,27,31)/b26-15+. The Morgan fingerprint density at radius 3 is 2.35 bits per heavy atom. The summed E-state index contributed by atoms with van der Waals surface area (Å²) in [6.07, 6.45) is 1.51. The second kappa shape index (κ2) is 11.1. The van der Waals surface area contributed by atoms with Gasteiger partial charge in [0.2, 0.25) is 0 Å². The molecule has 8 nitrogen and oxygen atoms in total. The highest BCUT2D eigenvalue weighted by molar-refractivity contribution is 7.99. The summed E-state index contributed by atoms with van der Waals surface area (Å²) in [6, 6.07) is 15.1. The van der Waals surface area contributed by atoms with Crippen LogP contribution in [0, 0.1) is 0 Å². The van der Waals surface area contributed by atoms with Crippen LogP contribution in [0.2, 0.25) is 0 Å². The predicted octanol–water partition coefficient (Wildman–Crippen LogP) is 4.29. The molecule has 0 aliphatic carbocycles. The highest BCUT2D eigenvalue weighted by Gasteiger charge is 2.17. The Morgan fingerprint density at radius 1 is 1.09 bits per heavy atom. The molecule has 3 rings (SSSR count). The normalized spacial score (nSPS) is 11.6. The fraction of sp³-hybridized carbons (Fsp3) is 0.320. The number of esters is 1. The number of methoxy groups -OCH3 is 1. The summed E-state index contributed by atoms with van der Waals surface area (Å²) in [4.78, 5) is 23.7. The van der Waals surface area contributed by atoms with Gasteiger partial charge in [-0.15, -0.1) is 10.2 Å². The summed E-state index contributed by atoms with van der Waals surface area (Å²) in [5, 5.41) is 13.3. The van der Waals surface area contributed by atoms with Crippen molar-refractivity contribution >= 4 is 29.9 Å². The summed E-state index contributed by atoms with van der Waals surface area (Å²) < 4.78 is 6.66. The van der Waals surface area contributed by atoms with E-state index in [0.29, 0.717) is 17.3 Å². The molecule has 1 aromatic heterocycles. The Kier molecular flexibility index (Phi) is 8.22. The van der Waals surface area contributed by atoms with Crippen molar-refractivity contribution in [3.63, 3.8) is 0 Å². The number of aromatic nitrogens is 3. The van der Waals surface area contributed by atoms with Crippen LogP contribution >= 0.6 is 11.8 Å². The lowest BCUT2D eigenvalue weighted by Gasteiger charge is -2.19. The van der Waals surface area contributed by atoms with Gasteiger partial charge in [-0.3, -0.25) is 4.79 Å². The number of nitrogens with zero attached hydrogens (tertiary/aromatic N) is 4. The maximum Gasteiger partial charge on any atom is 0.337 e. The maximum absolute atomic E-state index is 12.2. The van der Waals surface area contributed by atoms with Gasteiger partial charge in [0.05, 0.1) is 24.6 Å². The molecule has 2 aromatic carbocycles. The molecule has 1 amide bonds. The Hall–Kier alpha value is -3.46. The minimum atomic E-state index is -0.404. The second-order valence-electron chi connectivity index (χ2n) is 8.57. The predicted molar refractivity (Wildman–Crippen MR) is 134 cm³/mol. The number of benzene rings is 2. The number of hydrogen-bond acceptors (Lipinski definition) is 7. The molecule has 34 heavy (non-hydrogen) atoms. The Balaban J connectivity index is 1.58. The van der Waals surface area contributed by atoms with Crippen molar-refractivity contribution in [3.8, 4) is 11.4 Å². The van der Waals surface area contributed by atoms with Gasteiger partial charge in [-0.25, -0.2) is 10.2 Å². The number of hydrazone groups is 1. The molecule has 0 unspecified atom stereocenters. The highest BCUT2D eigenvalue weighted by atomic mass is 32.2. The van der Waals surface area contributed by atoms with Crippen molar-refractivity contribution in [2.75, 3.05) is 12.9 Å². The largest absolute Gasteiger partial charge is 0.465 e. The van der Waals surface area contributed by atoms with Gasteiger partial charge in [-0.1, -0.05) is 68.9 Å². The molecule has 1 N–H and O–H groups in total. The first-order valence-electron chi connectivity index (χ1n) is 10.9. The van der Waals surface area contributed by atoms with E-state index in [9.17, 15) is 9.59 Å². The third-order valence-corrected chi connectivity index (χ3v) is 6.08. The van der Waals surface area contributed by atoms with Crippen LogP contribution in [0.15, 0.2) is 58.8 Å². The number of ether oxygens (including phenoxy) is 1. The number of rotatable bonds is 8. The molecule has 0 bridgehead atoms. The third kappa shape index (κ3) is 6.32. The highest BCUT2D eigenvalue weighted by Crippen LogP contribution is 2.27. The van der Waals surface area contributed by atoms with E-state index in [2.05, 4.69) is 70.5 Å². The molecule has 3 aromatic rings. The van der Waals surface area contributed by atoms with Gasteiger partial charge in [-0.2, -0.15) is 5.10 Å². The van der Waals surface area contributed by atoms with Gasteiger partial charge in [0.1, 0.15) is 0 Å². The molecular formula is C25H29N5O3S. The average Bonchev–Trinajstić information content (AvgIpc) is 3.25. The van der Waals surface area contributed by atoms with E-state index in [1.165, 1.54) is 30.6 Å². The second-order valence-corrected chi connectivity index (χ2v) is 9.52. The van der Waals surface area contributed by atoms with E-state index in [4.69, 9.17) is 0 Å². The average molecular weight is 480 g/mol. The molecule has 0 saturated heterocycles. The zero-order valence-electron chi connectivity index (χ0n) is 20.0. The van der Waals surface area contributed by atoms with Crippen molar-refractivity contribution in [2.24, 2.45) is 5.10 Å². The summed E-state index contributed by atoms with van der Waals surface area (Å²) in [6.45, 7) is 9.26. The van der Waals surface area contributed by atoms with Crippen LogP contribution in [0.1, 0.15) is 49.2 Å². The van der Waals surface area contributed by atoms with Crippen LogP contribution in [-0.2, 0) is 21.5 Å². The molecule has 0 aliphatic rings. The Labute approximate surface area is 203 Å². The number of hydrogen-bond donors (Lipinski definition) is 1. The van der Waals surface area contributed by atoms with Crippen molar-refractivity contribution in [2.45, 2.75) is 44.8 Å². The number of carbonyl (C=O) groups is 2. The number of amides is 1. The fourth-order valence-corrected chi connectivity index (χ4v) is 3.97. The summed E-state index contributed by atoms with van der Waals surface area (Å²) in [5.74, 6) is 0.270. The van der Waals surface area contributed by atoms with E-state index in [1.807, 2.05) is 11.5 Å². The number of nitrogens with one attached hydrogen (secondary N) is 1. The first kappa shape index (κ1) is 25.2. The Bertz CT molecular complexity index is 1160. The van der Waals surface area contributed by atoms with E-state index in [1.54, 1.807) is 24.3 Å². The van der Waals surface area contributed by atoms with E-state index in [-0.39, 0.29) is 17.1 Å². The molecule has 0 saturated carbocycles. The molecule has 0 aliphatic heterocycles. The minimum Gasteiger partial charge on any atom is -0.465 e. The SMILES string of the molecule is CCn1c(SCC(=O)N/N=C/c2ccc(C(=O)OC)cc2)nnc1-c1ccc(C(C)(C)C)cc1. The molecule has 0 spiro atoms. The molecule has 9 heteroatoms. The molecule has 0 radical (unpaired) electrons. The molecule has 178 valence electrons. The monoisotopic (exact) mass is 479 g/mol. The van der Waals surface area contributed by atoms with Crippen molar-refractivity contribution in [3.05, 3.63) is 65.2 Å². The first-order chi connectivity index (χ1) is 16.2. The summed E-state index contributed by atoms with van der Waals surface area (Å²) in [7, 11) is 1.33. The minimum absolute atomic E-state index is 0.0837. The van der Waals surface area contributed by atoms with Crippen molar-refractivity contribution in [1.82, 2.24) is 20.2 Å². The zero-order chi connectivity index (χ0) is 24.7. The lowest BCUT2D eigenvalue weighted by Crippen LogP contribution is -2.20. The molecule has 0 fully saturated rings. The number of thioether (sulfide) groups is 1. The Morgan fingerprint density at radius 2 is 1.76 bits per heavy atom. The third-order valence-electron chi connectivity index (χ3n) is 5.11. The lowest BCUT2D eigenvalue weighted by atomic mass is 9.87. The van der Waals surface area contributed by atoms with E-state index >= 15 is 0 Å². The van der Waals surface area contributed by atoms with Crippen LogP contribution in [0.3, 0.4) is 0 Å². The first-order valence-corrected chi connectivity index (χ1v) is 11.9. The van der Waals surface area contributed by atoms with Crippen LogP contribution in [0.25, 0.3) is 11.4 Å². The van der Waals surface area contributed by atoms with Gasteiger partial charge in [0.25, 0.3) is 5.91 Å². The van der Waals surface area contributed by atoms with E-state index in [0.717, 1.165) is 17.0 Å². The lowest BCUT2D eigenvalue weighted by molar-refractivity contribution is -0.118. The van der Waals surface area contributed by atoms with E-state index < -0.39 is 5.97 Å². The topological polar surface area (TPSA) is 98.5 Å². The quantitative estimate of drug-likeness (QED) is 0.224. The van der Waals surface area contributed by atoms with Crippen molar-refractivity contribution < 1.29 is 14.3 Å². The van der Waals surface area contributed by atoms with Gasteiger partial charge in [0.15, 0.2) is 11.0 Å². The number of carbonyl (C=O) groups excluding carboxylic acids is 2. The fourth-order valence-electron chi connectivity index (χ4n) is 3.18. The maximum atomic E-state index is 12.2. The van der Waals surface area contributed by atoms with Gasteiger partial charge in [0, 0.05) is 12.1 Å². The zero-order valence-corrected chi connectivity index (χ0v) is 20.8. The molecule has 1 heterocycles. The summed E-state index contributed by atoms with van der Waals surface area (Å²) in [5.41, 5.74) is 6.03. The van der Waals surface area contributed by atoms with Crippen LogP contribution in [0.5, 0.6) is 0 Å². The smallest absolute Gasteiger partial charge is 0.337 e. The van der Waals surface area contributed by atoms with Crippen LogP contribution in [0.4, 0.5) is 0 Å². The van der Waals surface area contributed by atoms with Crippen LogP contribution < -0.4 is 5.43 Å². The van der Waals surface area contributed by atoms with Gasteiger partial charge in [-0.05, 0) is 35.6 Å². The van der Waals surface area contributed by atoms with Gasteiger partial charge < -0.3 is 9.30 Å². The van der Waals surface area contributed by atoms with Crippen molar-refractivity contribution in [1.29, 1.82) is 0 Å². The van der Waals surface area contributed by atoms with Crippen LogP contribution in [-0.4, -0.2) is 45.7 Å².